The SMILES string of the molecule is CC1(C)OCC([NH-])(CCc2ccc(OCCCc3ccc(F)c(Cl)c3)c(C(F)(F)F)c2)CO1.CCO.[Y]. The minimum atomic E-state index is -4.57. The van der Waals surface area contributed by atoms with Gasteiger partial charge in [-0.25, -0.2) is 4.39 Å². The molecule has 1 radical (unpaired) electrons. The average Bonchev–Trinajstić information content (AvgIpc) is 2.80. The van der Waals surface area contributed by atoms with E-state index in [-0.39, 0.29) is 76.3 Å². The van der Waals surface area contributed by atoms with Crippen LogP contribution in [-0.4, -0.2) is 42.9 Å². The first-order chi connectivity index (χ1) is 16.8. The van der Waals surface area contributed by atoms with Gasteiger partial charge in [0.25, 0.3) is 0 Å². The number of alkyl halides is 3. The minimum Gasteiger partial charge on any atom is -0.668 e. The molecule has 37 heavy (non-hydrogen) atoms. The Morgan fingerprint density at radius 2 is 1.62 bits per heavy atom. The van der Waals surface area contributed by atoms with Gasteiger partial charge in [0.2, 0.25) is 0 Å². The van der Waals surface area contributed by atoms with Crippen LogP contribution in [0.15, 0.2) is 36.4 Å². The molecule has 0 aromatic heterocycles. The number of hydrogen-bond acceptors (Lipinski definition) is 4. The van der Waals surface area contributed by atoms with E-state index < -0.39 is 28.9 Å². The smallest absolute Gasteiger partial charge is 0.419 e. The molecular weight excluding hydrogens is 591 g/mol. The van der Waals surface area contributed by atoms with Gasteiger partial charge in [-0.05, 0) is 75.4 Å². The van der Waals surface area contributed by atoms with Crippen LogP contribution in [-0.2, 0) is 61.2 Å². The van der Waals surface area contributed by atoms with Crippen LogP contribution in [0.1, 0.15) is 50.3 Å². The second-order valence-corrected chi connectivity index (χ2v) is 9.51. The minimum absolute atomic E-state index is 0. The summed E-state index contributed by atoms with van der Waals surface area (Å²) in [5.74, 6) is -1.51. The number of rotatable bonds is 8. The molecule has 1 aliphatic rings. The average molecular weight is 624 g/mol. The van der Waals surface area contributed by atoms with Crippen LogP contribution in [0.3, 0.4) is 0 Å². The maximum absolute atomic E-state index is 13.6. The molecule has 1 aliphatic heterocycles. The van der Waals surface area contributed by atoms with Gasteiger partial charge >= 0.3 is 6.18 Å². The Balaban J connectivity index is 0.00000163. The van der Waals surface area contributed by atoms with Crippen molar-refractivity contribution < 1.29 is 69.6 Å². The molecule has 0 spiro atoms. The van der Waals surface area contributed by atoms with Crippen molar-refractivity contribution in [3.05, 3.63) is 69.7 Å². The van der Waals surface area contributed by atoms with Gasteiger partial charge < -0.3 is 25.1 Å². The second kappa shape index (κ2) is 15.1. The Kier molecular flexibility index (Phi) is 14.0. The Labute approximate surface area is 245 Å². The summed E-state index contributed by atoms with van der Waals surface area (Å²) in [7, 11) is 0. The molecule has 1 fully saturated rings. The molecule has 2 aromatic rings. The quantitative estimate of drug-likeness (QED) is 0.254. The summed E-state index contributed by atoms with van der Waals surface area (Å²) in [6.45, 7) is 5.84. The zero-order valence-corrected chi connectivity index (χ0v) is 24.9. The molecule has 2 N–H and O–H groups in total. The number of hydrogen-bond donors (Lipinski definition) is 1. The Hall–Kier alpha value is -0.806. The van der Waals surface area contributed by atoms with Gasteiger partial charge in [0.05, 0.1) is 17.2 Å². The van der Waals surface area contributed by atoms with Gasteiger partial charge in [-0.15, -0.1) is 0 Å². The Morgan fingerprint density at radius 3 is 2.19 bits per heavy atom. The first-order valence-electron chi connectivity index (χ1n) is 11.7. The predicted octanol–water partition coefficient (Wildman–Crippen LogP) is 7.01. The van der Waals surface area contributed by atoms with E-state index >= 15 is 0 Å². The van der Waals surface area contributed by atoms with Gasteiger partial charge in [0.1, 0.15) is 11.6 Å². The second-order valence-electron chi connectivity index (χ2n) is 9.10. The van der Waals surface area contributed by atoms with Crippen molar-refractivity contribution in [3.63, 3.8) is 0 Å². The Morgan fingerprint density at radius 1 is 1.05 bits per heavy atom. The summed E-state index contributed by atoms with van der Waals surface area (Å²) in [4.78, 5) is 0. The Bertz CT molecular complexity index is 982. The van der Waals surface area contributed by atoms with Crippen molar-refractivity contribution in [2.75, 3.05) is 26.4 Å². The number of aliphatic hydroxyl groups excluding tert-OH is 1. The van der Waals surface area contributed by atoms with Gasteiger partial charge in [-0.1, -0.05) is 35.7 Å². The maximum atomic E-state index is 13.6. The van der Waals surface area contributed by atoms with Crippen LogP contribution >= 0.6 is 11.6 Å². The van der Waals surface area contributed by atoms with Gasteiger partial charge in [0.15, 0.2) is 5.79 Å². The van der Waals surface area contributed by atoms with Crippen molar-refractivity contribution in [1.29, 1.82) is 0 Å². The summed E-state index contributed by atoms with van der Waals surface area (Å²) in [6, 6.07) is 8.32. The van der Waals surface area contributed by atoms with Crippen LogP contribution in [0.25, 0.3) is 5.73 Å². The standard InChI is InChI=1S/C24H27ClF4NO3.C2H6O.Y/c1-22(2)32-14-23(30,15-33-22)10-9-17-6-8-21(18(12-17)24(27,28)29)31-11-3-4-16-5-7-20(26)19(25)13-16;1-2-3;/h5-8,12-13,30H,3-4,9-11,14-15H2,1-2H3;3H,2H2,1H3;/q-1;;. The molecule has 1 saturated heterocycles. The molecule has 11 heteroatoms. The number of nitrogens with one attached hydrogen (secondary N) is 1. The zero-order valence-electron chi connectivity index (χ0n) is 21.3. The van der Waals surface area contributed by atoms with E-state index in [2.05, 4.69) is 0 Å². The van der Waals surface area contributed by atoms with Crippen molar-refractivity contribution in [2.45, 2.75) is 64.0 Å². The number of aliphatic hydroxyl groups is 1. The van der Waals surface area contributed by atoms with Crippen molar-refractivity contribution in [3.8, 4) is 5.75 Å². The third-order valence-corrected chi connectivity index (χ3v) is 5.77. The van der Waals surface area contributed by atoms with Crippen LogP contribution in [0.2, 0.25) is 5.02 Å². The number of halogens is 5. The molecule has 3 rings (SSSR count). The number of ether oxygens (including phenoxy) is 3. The maximum Gasteiger partial charge on any atom is 0.419 e. The first-order valence-corrected chi connectivity index (χ1v) is 12.1. The normalized spacial score (nSPS) is 16.3. The molecule has 0 aliphatic carbocycles. The van der Waals surface area contributed by atoms with E-state index in [9.17, 15) is 17.6 Å². The molecule has 2 aromatic carbocycles. The summed E-state index contributed by atoms with van der Waals surface area (Å²) >= 11 is 5.75. The van der Waals surface area contributed by atoms with Gasteiger partial charge in [-0.3, -0.25) is 0 Å². The van der Waals surface area contributed by atoms with Crippen molar-refractivity contribution in [1.82, 2.24) is 0 Å². The van der Waals surface area contributed by atoms with Crippen LogP contribution < -0.4 is 4.74 Å². The molecule has 5 nitrogen and oxygen atoms in total. The van der Waals surface area contributed by atoms with E-state index in [1.807, 2.05) is 0 Å². The van der Waals surface area contributed by atoms with E-state index in [0.29, 0.717) is 24.8 Å². The summed E-state index contributed by atoms with van der Waals surface area (Å²) in [6.07, 6.45) is -3.05. The van der Waals surface area contributed by atoms with Crippen LogP contribution in [0, 0.1) is 5.82 Å². The number of aryl methyl sites for hydroxylation is 2. The summed E-state index contributed by atoms with van der Waals surface area (Å²) in [5.41, 5.74) is 7.84. The molecule has 205 valence electrons. The summed E-state index contributed by atoms with van der Waals surface area (Å²) in [5, 5.41) is 7.58. The largest absolute Gasteiger partial charge is 0.668 e. The molecule has 0 amide bonds. The summed E-state index contributed by atoms with van der Waals surface area (Å²) < 4.78 is 70.6. The van der Waals surface area contributed by atoms with Crippen molar-refractivity contribution >= 4 is 11.6 Å². The number of benzene rings is 2. The third-order valence-electron chi connectivity index (χ3n) is 5.49. The van der Waals surface area contributed by atoms with E-state index in [4.69, 9.17) is 36.7 Å². The molecule has 0 unspecified atom stereocenters. The predicted molar refractivity (Wildman–Crippen MR) is 131 cm³/mol. The fourth-order valence-corrected chi connectivity index (χ4v) is 3.67. The fourth-order valence-electron chi connectivity index (χ4n) is 3.47. The topological polar surface area (TPSA) is 71.7 Å². The molecule has 1 heterocycles. The molecule has 0 bridgehead atoms. The monoisotopic (exact) mass is 623 g/mol. The fraction of sp³-hybridized carbons (Fsp3) is 0.538. The zero-order chi connectivity index (χ0) is 27.0. The molecular formula is C26H33ClF4NO4Y-. The first kappa shape index (κ1) is 34.2. The van der Waals surface area contributed by atoms with Crippen molar-refractivity contribution in [2.24, 2.45) is 0 Å². The molecule has 0 saturated carbocycles. The van der Waals surface area contributed by atoms with Crippen LogP contribution in [0.5, 0.6) is 5.75 Å². The van der Waals surface area contributed by atoms with E-state index in [0.717, 1.165) is 11.6 Å². The van der Waals surface area contributed by atoms with Gasteiger partial charge in [-0.2, -0.15) is 13.2 Å². The van der Waals surface area contributed by atoms with Crippen LogP contribution in [0.4, 0.5) is 17.6 Å². The third kappa shape index (κ3) is 11.5. The van der Waals surface area contributed by atoms with E-state index in [1.54, 1.807) is 32.9 Å². The molecule has 0 atom stereocenters. The van der Waals surface area contributed by atoms with E-state index in [1.165, 1.54) is 18.2 Å². The van der Waals surface area contributed by atoms with Gasteiger partial charge in [0, 0.05) is 52.5 Å².